The molecule has 0 aliphatic carbocycles. The number of amides is 2. The van der Waals surface area contributed by atoms with Crippen LogP contribution in [0.1, 0.15) is 59.9 Å². The van der Waals surface area contributed by atoms with Crippen molar-refractivity contribution in [1.29, 1.82) is 5.41 Å². The number of nitrogens with zero attached hydrogens (tertiary/aromatic N) is 2. The van der Waals surface area contributed by atoms with Crippen molar-refractivity contribution < 1.29 is 29.0 Å². The summed E-state index contributed by atoms with van der Waals surface area (Å²) in [6, 6.07) is 6.11. The number of ether oxygens (including phenoxy) is 2. The first-order valence-electron chi connectivity index (χ1n) is 11.4. The molecule has 4 N–H and O–H groups in total. The lowest BCUT2D eigenvalue weighted by atomic mass is 9.79. The predicted octanol–water partition coefficient (Wildman–Crippen LogP) is 4.08. The number of hydrogen-bond acceptors (Lipinski definition) is 7. The number of piperidine rings is 1. The van der Waals surface area contributed by atoms with E-state index in [1.54, 1.807) is 45.0 Å². The summed E-state index contributed by atoms with van der Waals surface area (Å²) in [5.74, 6) is 5.58. The molecule has 1 aliphatic heterocycles. The number of nitrogens with one attached hydrogen (secondary N) is 1. The minimum Gasteiger partial charge on any atom is -0.491 e. The van der Waals surface area contributed by atoms with Crippen LogP contribution in [0.2, 0.25) is 0 Å². The Kier molecular flexibility index (Phi) is 8.90. The van der Waals surface area contributed by atoms with Crippen LogP contribution in [0.4, 0.5) is 9.59 Å². The number of carbonyl (C=O) groups is 2. The molecular weight excluding hydrogens is 440 g/mol. The molecule has 10 heteroatoms. The first-order valence-corrected chi connectivity index (χ1v) is 11.4. The normalized spacial score (nSPS) is 18.9. The largest absolute Gasteiger partial charge is 0.491 e. The first-order chi connectivity index (χ1) is 15.7. The third-order valence-electron chi connectivity index (χ3n) is 5.61. The molecule has 0 spiro atoms. The average Bonchev–Trinajstić information content (AvgIpc) is 2.72. The van der Waals surface area contributed by atoms with E-state index in [0.29, 0.717) is 24.2 Å². The number of likely N-dealkylation sites (tertiary alicyclic amines) is 1. The lowest BCUT2D eigenvalue weighted by Gasteiger charge is -2.47. The molecule has 1 aromatic carbocycles. The van der Waals surface area contributed by atoms with Crippen molar-refractivity contribution in [2.75, 3.05) is 19.8 Å². The van der Waals surface area contributed by atoms with E-state index in [1.807, 2.05) is 20.8 Å². The number of carbonyl (C=O) groups excluding carboxylic acids is 1. The number of carboxylic acid groups (broad SMARTS) is 1. The SMILES string of the molecule is CC(C)(C)OC(=O)N(C(=N)c1ccc(OCCON)cc1)C1CCN(C(=O)O)C(C(C)(C)C)C1. The third-order valence-corrected chi connectivity index (χ3v) is 5.61. The van der Waals surface area contributed by atoms with E-state index in [-0.39, 0.29) is 43.1 Å². The predicted molar refractivity (Wildman–Crippen MR) is 128 cm³/mol. The van der Waals surface area contributed by atoms with Gasteiger partial charge in [0, 0.05) is 24.2 Å². The Bertz CT molecular complexity index is 860. The van der Waals surface area contributed by atoms with Gasteiger partial charge < -0.3 is 24.3 Å². The summed E-state index contributed by atoms with van der Waals surface area (Å²) in [6.45, 7) is 12.1. The lowest BCUT2D eigenvalue weighted by molar-refractivity contribution is 0.00899. The molecule has 1 heterocycles. The fourth-order valence-corrected chi connectivity index (χ4v) is 4.02. The van der Waals surface area contributed by atoms with Crippen molar-refractivity contribution in [3.8, 4) is 5.75 Å². The van der Waals surface area contributed by atoms with Crippen LogP contribution in [0, 0.1) is 10.8 Å². The zero-order valence-corrected chi connectivity index (χ0v) is 21.0. The Morgan fingerprint density at radius 2 is 1.76 bits per heavy atom. The lowest BCUT2D eigenvalue weighted by Crippen LogP contribution is -2.58. The van der Waals surface area contributed by atoms with Gasteiger partial charge in [-0.25, -0.2) is 15.5 Å². The molecule has 1 fully saturated rings. The minimum atomic E-state index is -0.979. The highest BCUT2D eigenvalue weighted by Gasteiger charge is 2.43. The van der Waals surface area contributed by atoms with E-state index in [4.69, 9.17) is 20.8 Å². The van der Waals surface area contributed by atoms with Gasteiger partial charge in [-0.2, -0.15) is 0 Å². The molecule has 2 amide bonds. The van der Waals surface area contributed by atoms with Crippen LogP contribution in [0.3, 0.4) is 0 Å². The smallest absolute Gasteiger partial charge is 0.416 e. The summed E-state index contributed by atoms with van der Waals surface area (Å²) in [5, 5.41) is 18.6. The van der Waals surface area contributed by atoms with Crippen molar-refractivity contribution in [2.45, 2.75) is 72.1 Å². The molecule has 1 aliphatic rings. The Balaban J connectivity index is 2.33. The van der Waals surface area contributed by atoms with Gasteiger partial charge >= 0.3 is 12.2 Å². The third kappa shape index (κ3) is 7.33. The van der Waals surface area contributed by atoms with Gasteiger partial charge in [0.05, 0.1) is 0 Å². The molecule has 10 nitrogen and oxygen atoms in total. The summed E-state index contributed by atoms with van der Waals surface area (Å²) in [6.07, 6.45) is -0.800. The summed E-state index contributed by atoms with van der Waals surface area (Å²) in [4.78, 5) is 32.4. The van der Waals surface area contributed by atoms with Gasteiger partial charge in [0.25, 0.3) is 0 Å². The highest BCUT2D eigenvalue weighted by molar-refractivity contribution is 6.05. The van der Waals surface area contributed by atoms with Crippen LogP contribution in [0.15, 0.2) is 24.3 Å². The topological polar surface area (TPSA) is 138 Å². The van der Waals surface area contributed by atoms with Crippen molar-refractivity contribution in [1.82, 2.24) is 9.80 Å². The molecule has 0 bridgehead atoms. The second kappa shape index (κ2) is 11.1. The number of nitrogens with two attached hydrogens (primary N) is 1. The van der Waals surface area contributed by atoms with E-state index >= 15 is 0 Å². The van der Waals surface area contributed by atoms with E-state index in [9.17, 15) is 14.7 Å². The fourth-order valence-electron chi connectivity index (χ4n) is 4.02. The minimum absolute atomic E-state index is 0.00692. The number of hydrogen-bond donors (Lipinski definition) is 3. The van der Waals surface area contributed by atoms with E-state index in [2.05, 4.69) is 4.84 Å². The molecular formula is C24H38N4O6. The maximum atomic E-state index is 13.3. The summed E-state index contributed by atoms with van der Waals surface area (Å²) in [7, 11) is 0. The van der Waals surface area contributed by atoms with Crippen molar-refractivity contribution in [3.63, 3.8) is 0 Å². The maximum Gasteiger partial charge on any atom is 0.416 e. The van der Waals surface area contributed by atoms with Crippen molar-refractivity contribution >= 4 is 18.0 Å². The summed E-state index contributed by atoms with van der Waals surface area (Å²) < 4.78 is 11.2. The number of rotatable bonds is 6. The van der Waals surface area contributed by atoms with Crippen LogP contribution >= 0.6 is 0 Å². The van der Waals surface area contributed by atoms with Crippen molar-refractivity contribution in [2.24, 2.45) is 11.3 Å². The molecule has 2 unspecified atom stereocenters. The zero-order chi connectivity index (χ0) is 25.7. The van der Waals surface area contributed by atoms with Crippen LogP contribution in [0.25, 0.3) is 0 Å². The molecule has 1 aromatic rings. The Labute approximate surface area is 201 Å². The molecule has 0 saturated carbocycles. The average molecular weight is 479 g/mol. The molecule has 34 heavy (non-hydrogen) atoms. The molecule has 2 rings (SSSR count). The van der Waals surface area contributed by atoms with Gasteiger partial charge in [0.15, 0.2) is 0 Å². The molecule has 190 valence electrons. The molecule has 0 aromatic heterocycles. The molecule has 1 saturated heterocycles. The van der Waals surface area contributed by atoms with Gasteiger partial charge in [-0.05, 0) is 63.3 Å². The fraction of sp³-hybridized carbons (Fsp3) is 0.625. The zero-order valence-electron chi connectivity index (χ0n) is 21.0. The Hall–Kier alpha value is -2.85. The Morgan fingerprint density at radius 3 is 2.26 bits per heavy atom. The highest BCUT2D eigenvalue weighted by atomic mass is 16.6. The van der Waals surface area contributed by atoms with Crippen molar-refractivity contribution in [3.05, 3.63) is 29.8 Å². The molecule has 2 atom stereocenters. The second-order valence-corrected chi connectivity index (χ2v) is 10.5. The van der Waals surface area contributed by atoms with E-state index in [0.717, 1.165) is 0 Å². The second-order valence-electron chi connectivity index (χ2n) is 10.5. The molecule has 0 radical (unpaired) electrons. The van der Waals surface area contributed by atoms with Gasteiger partial charge in [0.2, 0.25) is 0 Å². The van der Waals surface area contributed by atoms with Gasteiger partial charge in [-0.3, -0.25) is 10.3 Å². The Morgan fingerprint density at radius 1 is 1.15 bits per heavy atom. The number of benzene rings is 1. The number of amidine groups is 1. The van der Waals surface area contributed by atoms with Gasteiger partial charge in [0.1, 0.15) is 30.4 Å². The van der Waals surface area contributed by atoms with Crippen LogP contribution in [0.5, 0.6) is 5.75 Å². The standard InChI is InChI=1S/C24H38N4O6/c1-23(2,3)19-15-17(11-12-27(19)21(29)30)28(22(31)34-24(4,5)6)20(25)16-7-9-18(10-8-16)32-13-14-33-26/h7-10,17,19,25H,11-15,26H2,1-6H3,(H,29,30). The monoisotopic (exact) mass is 478 g/mol. The van der Waals surface area contributed by atoms with Crippen LogP contribution in [-0.2, 0) is 9.57 Å². The van der Waals surface area contributed by atoms with Gasteiger partial charge in [-0.15, -0.1) is 0 Å². The summed E-state index contributed by atoms with van der Waals surface area (Å²) >= 11 is 0. The van der Waals surface area contributed by atoms with E-state index < -0.39 is 17.8 Å². The van der Waals surface area contributed by atoms with Gasteiger partial charge in [-0.1, -0.05) is 20.8 Å². The van der Waals surface area contributed by atoms with Crippen LogP contribution < -0.4 is 10.6 Å². The summed E-state index contributed by atoms with van der Waals surface area (Å²) in [5.41, 5.74) is -0.574. The quantitative estimate of drug-likeness (QED) is 0.242. The highest BCUT2D eigenvalue weighted by Crippen LogP contribution is 2.35. The van der Waals surface area contributed by atoms with Crippen LogP contribution in [-0.4, -0.2) is 70.4 Å². The first kappa shape index (κ1) is 27.4. The van der Waals surface area contributed by atoms with E-state index in [1.165, 1.54) is 9.80 Å². The maximum absolute atomic E-state index is 13.3.